The van der Waals surface area contributed by atoms with Gasteiger partial charge in [-0.1, -0.05) is 60.7 Å². The molecule has 152 valence electrons. The number of benzene rings is 3. The van der Waals surface area contributed by atoms with Gasteiger partial charge >= 0.3 is 6.09 Å². The first-order valence-electron chi connectivity index (χ1n) is 10.3. The van der Waals surface area contributed by atoms with Crippen LogP contribution in [0.3, 0.4) is 0 Å². The molecule has 0 unspecified atom stereocenters. The molecule has 5 rings (SSSR count). The summed E-state index contributed by atoms with van der Waals surface area (Å²) in [7, 11) is 0. The molecule has 0 bridgehead atoms. The van der Waals surface area contributed by atoms with Crippen molar-refractivity contribution in [3.8, 4) is 5.75 Å². The lowest BCUT2D eigenvalue weighted by molar-refractivity contribution is -0.00962. The van der Waals surface area contributed by atoms with Crippen molar-refractivity contribution in [2.75, 3.05) is 13.1 Å². The summed E-state index contributed by atoms with van der Waals surface area (Å²) in [5.74, 6) is 0.776. The second kappa shape index (κ2) is 7.48. The zero-order valence-electron chi connectivity index (χ0n) is 16.7. The number of nitrogens with zero attached hydrogens (tertiary/aromatic N) is 1. The number of likely N-dealkylation sites (tertiary alicyclic amines) is 1. The summed E-state index contributed by atoms with van der Waals surface area (Å²) in [5, 5.41) is 1.98. The maximum absolute atomic E-state index is 13.1. The number of rotatable bonds is 2. The number of Topliss-reactive ketones (excluding diaryl/α,β-unsaturated/α-hetero) is 1. The fourth-order valence-electron chi connectivity index (χ4n) is 4.46. The van der Waals surface area contributed by atoms with Gasteiger partial charge in [0.2, 0.25) is 0 Å². The predicted octanol–water partition coefficient (Wildman–Crippen LogP) is 4.98. The van der Waals surface area contributed by atoms with Gasteiger partial charge in [-0.2, -0.15) is 0 Å². The highest BCUT2D eigenvalue weighted by atomic mass is 16.6. The first kappa shape index (κ1) is 18.7. The molecule has 30 heavy (non-hydrogen) atoms. The molecule has 2 aliphatic heterocycles. The van der Waals surface area contributed by atoms with Crippen molar-refractivity contribution < 1.29 is 19.1 Å². The first-order chi connectivity index (χ1) is 14.6. The molecule has 5 nitrogen and oxygen atoms in total. The van der Waals surface area contributed by atoms with Crippen molar-refractivity contribution in [1.29, 1.82) is 0 Å². The molecule has 0 atom stereocenters. The molecule has 3 aromatic rings. The summed E-state index contributed by atoms with van der Waals surface area (Å²) in [5.41, 5.74) is 1.11. The summed E-state index contributed by atoms with van der Waals surface area (Å²) >= 11 is 0. The molecule has 1 spiro atoms. The molecule has 2 heterocycles. The molecule has 0 aromatic heterocycles. The van der Waals surface area contributed by atoms with Gasteiger partial charge in [0, 0.05) is 25.9 Å². The van der Waals surface area contributed by atoms with E-state index in [1.807, 2.05) is 66.7 Å². The molecule has 1 amide bonds. The third-order valence-corrected chi connectivity index (χ3v) is 6.12. The third kappa shape index (κ3) is 3.41. The Kier molecular flexibility index (Phi) is 4.66. The summed E-state index contributed by atoms with van der Waals surface area (Å²) in [6.45, 7) is 1.30. The summed E-state index contributed by atoms with van der Waals surface area (Å²) in [6, 6.07) is 21.4. The maximum Gasteiger partial charge on any atom is 0.410 e. The fourth-order valence-corrected chi connectivity index (χ4v) is 4.46. The third-order valence-electron chi connectivity index (χ3n) is 6.12. The van der Waals surface area contributed by atoms with E-state index in [9.17, 15) is 9.59 Å². The summed E-state index contributed by atoms with van der Waals surface area (Å²) in [4.78, 5) is 27.2. The second-order valence-electron chi connectivity index (χ2n) is 8.07. The fraction of sp³-hybridized carbons (Fsp3) is 0.280. The van der Waals surface area contributed by atoms with Crippen LogP contribution in [0.25, 0.3) is 10.8 Å². The van der Waals surface area contributed by atoms with Crippen LogP contribution in [0.2, 0.25) is 0 Å². The van der Waals surface area contributed by atoms with Gasteiger partial charge in [0.15, 0.2) is 5.78 Å². The highest BCUT2D eigenvalue weighted by Gasteiger charge is 2.44. The minimum atomic E-state index is -0.539. The number of piperidine rings is 1. The van der Waals surface area contributed by atoms with Gasteiger partial charge in [0.25, 0.3) is 0 Å². The van der Waals surface area contributed by atoms with E-state index in [4.69, 9.17) is 9.47 Å². The van der Waals surface area contributed by atoms with E-state index in [-0.39, 0.29) is 18.5 Å². The van der Waals surface area contributed by atoms with Crippen LogP contribution in [0.4, 0.5) is 4.79 Å². The molecular formula is C25H23NO4. The van der Waals surface area contributed by atoms with Gasteiger partial charge in [-0.3, -0.25) is 4.79 Å². The monoisotopic (exact) mass is 401 g/mol. The largest absolute Gasteiger partial charge is 0.486 e. The van der Waals surface area contributed by atoms with Crippen molar-refractivity contribution in [3.05, 3.63) is 77.9 Å². The predicted molar refractivity (Wildman–Crippen MR) is 114 cm³/mol. The van der Waals surface area contributed by atoms with Gasteiger partial charge < -0.3 is 14.4 Å². The molecule has 3 aromatic carbocycles. The smallest absolute Gasteiger partial charge is 0.410 e. The number of carbonyl (C=O) groups is 2. The molecule has 0 aliphatic carbocycles. The second-order valence-corrected chi connectivity index (χ2v) is 8.07. The lowest BCUT2D eigenvalue weighted by atomic mass is 9.81. The first-order valence-corrected chi connectivity index (χ1v) is 10.3. The van der Waals surface area contributed by atoms with Crippen LogP contribution in [0, 0.1) is 0 Å². The highest BCUT2D eigenvalue weighted by Crippen LogP contribution is 2.42. The Morgan fingerprint density at radius 2 is 1.70 bits per heavy atom. The number of hydrogen-bond donors (Lipinski definition) is 0. The quantitative estimate of drug-likeness (QED) is 0.608. The standard InChI is InChI=1S/C25H23NO4/c27-21-16-25(30-22-11-10-19-8-4-5-9-20(19)23(21)22)12-14-26(15-13-25)24(28)29-17-18-6-2-1-3-7-18/h1-11H,12-17H2. The molecule has 0 radical (unpaired) electrons. The van der Waals surface area contributed by atoms with Gasteiger partial charge in [-0.15, -0.1) is 0 Å². The topological polar surface area (TPSA) is 55.8 Å². The minimum Gasteiger partial charge on any atom is -0.486 e. The van der Waals surface area contributed by atoms with E-state index in [0.717, 1.165) is 16.3 Å². The minimum absolute atomic E-state index is 0.119. The van der Waals surface area contributed by atoms with E-state index >= 15 is 0 Å². The Morgan fingerprint density at radius 3 is 2.50 bits per heavy atom. The van der Waals surface area contributed by atoms with Crippen molar-refractivity contribution in [3.63, 3.8) is 0 Å². The Balaban J connectivity index is 1.26. The summed E-state index contributed by atoms with van der Waals surface area (Å²) < 4.78 is 11.8. The Labute approximate surface area is 175 Å². The van der Waals surface area contributed by atoms with Crippen LogP contribution in [-0.4, -0.2) is 35.5 Å². The van der Waals surface area contributed by atoms with Crippen LogP contribution in [0.1, 0.15) is 35.2 Å². The Morgan fingerprint density at radius 1 is 0.967 bits per heavy atom. The number of ether oxygens (including phenoxy) is 2. The maximum atomic E-state index is 13.1. The average Bonchev–Trinajstić information content (AvgIpc) is 2.78. The van der Waals surface area contributed by atoms with Gasteiger partial charge in [0.05, 0.1) is 12.0 Å². The summed E-state index contributed by atoms with van der Waals surface area (Å²) in [6.07, 6.45) is 1.26. The number of fused-ring (bicyclic) bond motifs is 3. The number of carbonyl (C=O) groups excluding carboxylic acids is 2. The normalized spacial score (nSPS) is 17.5. The molecule has 1 saturated heterocycles. The van der Waals surface area contributed by atoms with E-state index in [1.54, 1.807) is 4.90 Å². The number of amides is 1. The molecule has 2 aliphatic rings. The van der Waals surface area contributed by atoms with Crippen molar-refractivity contribution in [1.82, 2.24) is 4.90 Å². The van der Waals surface area contributed by atoms with Crippen LogP contribution >= 0.6 is 0 Å². The van der Waals surface area contributed by atoms with Gasteiger partial charge in [0.1, 0.15) is 18.0 Å². The van der Waals surface area contributed by atoms with Gasteiger partial charge in [-0.25, -0.2) is 4.79 Å². The molecule has 0 N–H and O–H groups in total. The van der Waals surface area contributed by atoms with E-state index in [2.05, 4.69) is 0 Å². The Hall–Kier alpha value is -3.34. The van der Waals surface area contributed by atoms with E-state index in [0.29, 0.717) is 43.7 Å². The van der Waals surface area contributed by atoms with Crippen molar-refractivity contribution in [2.24, 2.45) is 0 Å². The van der Waals surface area contributed by atoms with Crippen LogP contribution in [-0.2, 0) is 11.3 Å². The lowest BCUT2D eigenvalue weighted by Crippen LogP contribution is -2.52. The molecule has 5 heteroatoms. The number of ketones is 1. The van der Waals surface area contributed by atoms with E-state index < -0.39 is 5.60 Å². The zero-order chi connectivity index (χ0) is 20.6. The molecular weight excluding hydrogens is 378 g/mol. The Bertz CT molecular complexity index is 1100. The highest BCUT2D eigenvalue weighted by molar-refractivity contribution is 6.11. The average molecular weight is 401 g/mol. The zero-order valence-corrected chi connectivity index (χ0v) is 16.7. The molecule has 1 fully saturated rings. The lowest BCUT2D eigenvalue weighted by Gasteiger charge is -2.43. The molecule has 0 saturated carbocycles. The SMILES string of the molecule is O=C1CC2(CCN(C(=O)OCc3ccccc3)CC2)Oc2ccc3ccccc3c21. The van der Waals surface area contributed by atoms with Crippen molar-refractivity contribution >= 4 is 22.6 Å². The van der Waals surface area contributed by atoms with Gasteiger partial charge in [-0.05, 0) is 22.4 Å². The van der Waals surface area contributed by atoms with E-state index in [1.165, 1.54) is 0 Å². The van der Waals surface area contributed by atoms with Crippen molar-refractivity contribution in [2.45, 2.75) is 31.5 Å². The van der Waals surface area contributed by atoms with Crippen LogP contribution in [0.15, 0.2) is 66.7 Å². The van der Waals surface area contributed by atoms with Crippen LogP contribution in [0.5, 0.6) is 5.75 Å². The number of hydrogen-bond acceptors (Lipinski definition) is 4. The van der Waals surface area contributed by atoms with Crippen LogP contribution < -0.4 is 4.74 Å².